The van der Waals surface area contributed by atoms with Crippen LogP contribution in [0, 0.1) is 13.8 Å². The van der Waals surface area contributed by atoms with E-state index in [2.05, 4.69) is 15.2 Å². The molecule has 7 heteroatoms. The largest absolute Gasteiger partial charge is 0.382 e. The molecule has 0 fully saturated rings. The summed E-state index contributed by atoms with van der Waals surface area (Å²) in [6, 6.07) is 0. The van der Waals surface area contributed by atoms with E-state index >= 15 is 0 Å². The molecule has 1 amide bonds. The van der Waals surface area contributed by atoms with Crippen LogP contribution >= 0.6 is 11.3 Å². The molecule has 18 heavy (non-hydrogen) atoms. The normalized spacial score (nSPS) is 10.6. The van der Waals surface area contributed by atoms with Crippen molar-refractivity contribution in [3.8, 4) is 0 Å². The maximum Gasteiger partial charge on any atom is 0.259 e. The van der Waals surface area contributed by atoms with Crippen molar-refractivity contribution in [2.75, 3.05) is 12.8 Å². The van der Waals surface area contributed by atoms with E-state index in [1.807, 2.05) is 12.3 Å². The maximum absolute atomic E-state index is 12.2. The third kappa shape index (κ3) is 2.35. The molecule has 6 nitrogen and oxygen atoms in total. The number of aromatic amines is 1. The standard InChI is InChI=1S/C11H15N5OS/c1-6-9(10(12)15-14-6)11(17)16(3)4-8-5-18-7(2)13-8/h5H,4H2,1-3H3,(H3,12,14,15). The fraction of sp³-hybridized carbons (Fsp3) is 0.364. The lowest BCUT2D eigenvalue weighted by atomic mass is 10.2. The average Bonchev–Trinajstić information content (AvgIpc) is 2.85. The number of rotatable bonds is 3. The van der Waals surface area contributed by atoms with E-state index in [0.29, 0.717) is 17.8 Å². The van der Waals surface area contributed by atoms with Gasteiger partial charge in [-0.05, 0) is 13.8 Å². The van der Waals surface area contributed by atoms with Crippen LogP contribution in [0.4, 0.5) is 5.82 Å². The van der Waals surface area contributed by atoms with Crippen molar-refractivity contribution in [1.82, 2.24) is 20.1 Å². The molecule has 2 aromatic heterocycles. The Labute approximate surface area is 109 Å². The maximum atomic E-state index is 12.2. The van der Waals surface area contributed by atoms with Crippen molar-refractivity contribution >= 4 is 23.1 Å². The summed E-state index contributed by atoms with van der Waals surface area (Å²) >= 11 is 1.57. The van der Waals surface area contributed by atoms with Crippen LogP contribution in [0.3, 0.4) is 0 Å². The summed E-state index contributed by atoms with van der Waals surface area (Å²) in [5.74, 6) is 0.0863. The zero-order valence-electron chi connectivity index (χ0n) is 10.5. The van der Waals surface area contributed by atoms with Crippen molar-refractivity contribution in [2.24, 2.45) is 0 Å². The fourth-order valence-corrected chi connectivity index (χ4v) is 2.31. The number of anilines is 1. The first-order valence-electron chi connectivity index (χ1n) is 5.46. The first-order valence-corrected chi connectivity index (χ1v) is 6.34. The Bertz CT molecular complexity index is 554. The number of thiazole rings is 1. The number of nitrogens with zero attached hydrogens (tertiary/aromatic N) is 3. The highest BCUT2D eigenvalue weighted by molar-refractivity contribution is 7.09. The molecule has 0 saturated heterocycles. The lowest BCUT2D eigenvalue weighted by molar-refractivity contribution is 0.0784. The Kier molecular flexibility index (Phi) is 3.33. The molecule has 0 aromatic carbocycles. The van der Waals surface area contributed by atoms with Gasteiger partial charge in [-0.15, -0.1) is 11.3 Å². The first-order chi connectivity index (χ1) is 8.49. The zero-order chi connectivity index (χ0) is 13.3. The van der Waals surface area contributed by atoms with Crippen molar-refractivity contribution in [3.63, 3.8) is 0 Å². The predicted octanol–water partition coefficient (Wildman–Crippen LogP) is 1.34. The molecule has 2 rings (SSSR count). The second kappa shape index (κ2) is 4.77. The second-order valence-corrected chi connectivity index (χ2v) is 5.19. The van der Waals surface area contributed by atoms with Crippen molar-refractivity contribution in [2.45, 2.75) is 20.4 Å². The van der Waals surface area contributed by atoms with Gasteiger partial charge in [0.15, 0.2) is 5.82 Å². The molecule has 96 valence electrons. The van der Waals surface area contributed by atoms with Gasteiger partial charge in [-0.25, -0.2) is 4.98 Å². The number of H-pyrrole nitrogens is 1. The van der Waals surface area contributed by atoms with Gasteiger partial charge in [0.25, 0.3) is 5.91 Å². The number of hydrogen-bond donors (Lipinski definition) is 2. The van der Waals surface area contributed by atoms with Gasteiger partial charge in [-0.3, -0.25) is 9.89 Å². The van der Waals surface area contributed by atoms with Crippen LogP contribution in [0.2, 0.25) is 0 Å². The lowest BCUT2D eigenvalue weighted by Crippen LogP contribution is -2.27. The Balaban J connectivity index is 2.14. The van der Waals surface area contributed by atoms with Crippen molar-refractivity contribution in [1.29, 1.82) is 0 Å². The fourth-order valence-electron chi connectivity index (χ4n) is 1.70. The summed E-state index contributed by atoms with van der Waals surface area (Å²) in [5.41, 5.74) is 7.67. The SMILES string of the molecule is Cc1nc(CN(C)C(=O)c2c(N)n[nH]c2C)cs1. The Hall–Kier alpha value is -1.89. The zero-order valence-corrected chi connectivity index (χ0v) is 11.3. The highest BCUT2D eigenvalue weighted by Crippen LogP contribution is 2.16. The molecule has 0 aliphatic carbocycles. The van der Waals surface area contributed by atoms with Gasteiger partial charge in [-0.1, -0.05) is 0 Å². The number of amides is 1. The number of nitrogens with one attached hydrogen (secondary N) is 1. The second-order valence-electron chi connectivity index (χ2n) is 4.13. The van der Waals surface area contributed by atoms with E-state index in [1.165, 1.54) is 0 Å². The molecular formula is C11H15N5OS. The first kappa shape index (κ1) is 12.6. The topological polar surface area (TPSA) is 87.9 Å². The molecule has 0 aliphatic rings. The summed E-state index contributed by atoms with van der Waals surface area (Å²) in [5, 5.41) is 9.47. The summed E-state index contributed by atoms with van der Waals surface area (Å²) in [6.07, 6.45) is 0. The van der Waals surface area contributed by atoms with Gasteiger partial charge in [0.1, 0.15) is 5.56 Å². The monoisotopic (exact) mass is 265 g/mol. The minimum atomic E-state index is -0.149. The van der Waals surface area contributed by atoms with Crippen LogP contribution in [0.5, 0.6) is 0 Å². The van der Waals surface area contributed by atoms with E-state index in [9.17, 15) is 4.79 Å². The average molecular weight is 265 g/mol. The minimum absolute atomic E-state index is 0.149. The number of carbonyl (C=O) groups excluding carboxylic acids is 1. The van der Waals surface area contributed by atoms with Crippen LogP contribution in [0.1, 0.15) is 26.8 Å². The van der Waals surface area contributed by atoms with Gasteiger partial charge >= 0.3 is 0 Å². The van der Waals surface area contributed by atoms with E-state index < -0.39 is 0 Å². The molecule has 2 aromatic rings. The molecule has 0 saturated carbocycles. The molecule has 0 aliphatic heterocycles. The summed E-state index contributed by atoms with van der Waals surface area (Å²) < 4.78 is 0. The quantitative estimate of drug-likeness (QED) is 0.876. The molecule has 3 N–H and O–H groups in total. The van der Waals surface area contributed by atoms with E-state index in [-0.39, 0.29) is 11.7 Å². The van der Waals surface area contributed by atoms with Crippen LogP contribution in [0.15, 0.2) is 5.38 Å². The minimum Gasteiger partial charge on any atom is -0.382 e. The van der Waals surface area contributed by atoms with Crippen LogP contribution < -0.4 is 5.73 Å². The highest BCUT2D eigenvalue weighted by atomic mass is 32.1. The molecule has 0 unspecified atom stereocenters. The summed E-state index contributed by atoms with van der Waals surface area (Å²) in [6.45, 7) is 4.18. The summed E-state index contributed by atoms with van der Waals surface area (Å²) in [4.78, 5) is 18.1. The van der Waals surface area contributed by atoms with E-state index in [0.717, 1.165) is 10.7 Å². The van der Waals surface area contributed by atoms with Crippen LogP contribution in [-0.2, 0) is 6.54 Å². The Morgan fingerprint density at radius 1 is 1.56 bits per heavy atom. The van der Waals surface area contributed by atoms with Crippen molar-refractivity contribution in [3.05, 3.63) is 27.3 Å². The third-order valence-electron chi connectivity index (χ3n) is 2.60. The van der Waals surface area contributed by atoms with E-state index in [1.54, 1.807) is 30.2 Å². The number of hydrogen-bond acceptors (Lipinski definition) is 5. The van der Waals surface area contributed by atoms with Gasteiger partial charge in [0, 0.05) is 18.1 Å². The number of carbonyl (C=O) groups is 1. The molecular weight excluding hydrogens is 250 g/mol. The highest BCUT2D eigenvalue weighted by Gasteiger charge is 2.20. The summed E-state index contributed by atoms with van der Waals surface area (Å²) in [7, 11) is 1.73. The van der Waals surface area contributed by atoms with Gasteiger partial charge in [0.2, 0.25) is 0 Å². The number of nitrogens with two attached hydrogens (primary N) is 1. The number of nitrogen functional groups attached to an aromatic ring is 1. The molecule has 0 bridgehead atoms. The van der Waals surface area contributed by atoms with Crippen LogP contribution in [-0.4, -0.2) is 33.0 Å². The molecule has 0 atom stereocenters. The molecule has 0 spiro atoms. The van der Waals surface area contributed by atoms with Gasteiger partial charge in [0.05, 0.1) is 17.2 Å². The third-order valence-corrected chi connectivity index (χ3v) is 3.42. The number of aromatic nitrogens is 3. The van der Waals surface area contributed by atoms with E-state index in [4.69, 9.17) is 5.73 Å². The molecule has 0 radical (unpaired) electrons. The van der Waals surface area contributed by atoms with Gasteiger partial charge in [-0.2, -0.15) is 5.10 Å². The predicted molar refractivity (Wildman–Crippen MR) is 70.4 cm³/mol. The lowest BCUT2D eigenvalue weighted by Gasteiger charge is -2.15. The van der Waals surface area contributed by atoms with Crippen molar-refractivity contribution < 1.29 is 4.79 Å². The number of aryl methyl sites for hydroxylation is 2. The molecule has 2 heterocycles. The smallest absolute Gasteiger partial charge is 0.259 e. The Morgan fingerprint density at radius 3 is 2.78 bits per heavy atom. The Morgan fingerprint density at radius 2 is 2.28 bits per heavy atom. The van der Waals surface area contributed by atoms with Crippen LogP contribution in [0.25, 0.3) is 0 Å². The van der Waals surface area contributed by atoms with Gasteiger partial charge < -0.3 is 10.6 Å².